The van der Waals surface area contributed by atoms with Crippen LogP contribution in [0.1, 0.15) is 32.6 Å². The molecule has 0 saturated heterocycles. The zero-order chi connectivity index (χ0) is 14.2. The molecule has 0 N–H and O–H groups in total. The Balaban J connectivity index is 2.82. The van der Waals surface area contributed by atoms with E-state index in [0.717, 1.165) is 34.1 Å². The highest BCUT2D eigenvalue weighted by atomic mass is 19.1. The lowest BCUT2D eigenvalue weighted by Gasteiger charge is -2.16. The van der Waals surface area contributed by atoms with Crippen molar-refractivity contribution in [3.63, 3.8) is 0 Å². The molecule has 0 atom stereocenters. The summed E-state index contributed by atoms with van der Waals surface area (Å²) in [4.78, 5) is 10.9. The third-order valence-corrected chi connectivity index (χ3v) is 3.76. The molecule has 0 saturated carbocycles. The second-order valence-corrected chi connectivity index (χ2v) is 4.99. The molecule has 2 heteroatoms. The summed E-state index contributed by atoms with van der Waals surface area (Å²) in [5, 5.41) is 0. The van der Waals surface area contributed by atoms with E-state index in [0.29, 0.717) is 11.1 Å². The van der Waals surface area contributed by atoms with Crippen LogP contribution in [-0.2, 0) is 0 Å². The minimum Gasteiger partial charge on any atom is -0.298 e. The molecular weight excluding hydrogens is 239 g/mol. The van der Waals surface area contributed by atoms with Gasteiger partial charge < -0.3 is 0 Å². The highest BCUT2D eigenvalue weighted by Crippen LogP contribution is 2.33. The first-order valence-electron chi connectivity index (χ1n) is 6.28. The summed E-state index contributed by atoms with van der Waals surface area (Å²) in [6.45, 7) is 8.02. The van der Waals surface area contributed by atoms with Crippen molar-refractivity contribution in [1.82, 2.24) is 0 Å². The Morgan fingerprint density at radius 2 is 1.53 bits per heavy atom. The Kier molecular flexibility index (Phi) is 3.52. The summed E-state index contributed by atoms with van der Waals surface area (Å²) in [6.07, 6.45) is 0.746. The summed E-state index contributed by atoms with van der Waals surface area (Å²) in [7, 11) is 0. The Morgan fingerprint density at radius 1 is 0.947 bits per heavy atom. The van der Waals surface area contributed by atoms with Crippen molar-refractivity contribution in [2.45, 2.75) is 27.7 Å². The molecule has 0 radical (unpaired) electrons. The fourth-order valence-corrected chi connectivity index (χ4v) is 2.43. The minimum atomic E-state index is -0.290. The first-order valence-corrected chi connectivity index (χ1v) is 6.28. The van der Waals surface area contributed by atoms with E-state index >= 15 is 0 Å². The largest absolute Gasteiger partial charge is 0.298 e. The van der Waals surface area contributed by atoms with Gasteiger partial charge >= 0.3 is 0 Å². The number of halogens is 1. The van der Waals surface area contributed by atoms with Crippen molar-refractivity contribution >= 4 is 6.29 Å². The quantitative estimate of drug-likeness (QED) is 0.721. The van der Waals surface area contributed by atoms with Gasteiger partial charge in [0, 0.05) is 11.1 Å². The van der Waals surface area contributed by atoms with E-state index in [2.05, 4.69) is 6.07 Å². The Morgan fingerprint density at radius 3 is 2.05 bits per heavy atom. The van der Waals surface area contributed by atoms with Gasteiger partial charge in [-0.3, -0.25) is 4.79 Å². The number of carbonyl (C=O) groups is 1. The second-order valence-electron chi connectivity index (χ2n) is 4.99. The lowest BCUT2D eigenvalue weighted by Crippen LogP contribution is -1.98. The lowest BCUT2D eigenvalue weighted by atomic mass is 9.89. The highest BCUT2D eigenvalue weighted by Gasteiger charge is 2.14. The third-order valence-electron chi connectivity index (χ3n) is 3.76. The highest BCUT2D eigenvalue weighted by molar-refractivity contribution is 5.81. The van der Waals surface area contributed by atoms with Crippen LogP contribution in [0.2, 0.25) is 0 Å². The molecule has 0 aliphatic carbocycles. The number of carbonyl (C=O) groups excluding carboxylic acids is 1. The minimum absolute atomic E-state index is 0.290. The van der Waals surface area contributed by atoms with Crippen LogP contribution in [0.25, 0.3) is 11.1 Å². The van der Waals surface area contributed by atoms with Crippen molar-refractivity contribution in [2.75, 3.05) is 0 Å². The van der Waals surface area contributed by atoms with Gasteiger partial charge in [-0.2, -0.15) is 0 Å². The molecule has 1 nitrogen and oxygen atoms in total. The van der Waals surface area contributed by atoms with Crippen LogP contribution in [-0.4, -0.2) is 6.29 Å². The van der Waals surface area contributed by atoms with Crippen LogP contribution < -0.4 is 0 Å². The molecule has 0 amide bonds. The molecular formula is C17H17FO. The molecule has 2 aromatic rings. The fraction of sp³-hybridized carbons (Fsp3) is 0.235. The molecule has 0 aliphatic rings. The molecule has 0 aromatic heterocycles. The number of aldehydes is 1. The normalized spacial score (nSPS) is 10.6. The zero-order valence-corrected chi connectivity index (χ0v) is 11.7. The molecule has 2 aromatic carbocycles. The van der Waals surface area contributed by atoms with E-state index < -0.39 is 0 Å². The predicted molar refractivity (Wildman–Crippen MR) is 76.2 cm³/mol. The Labute approximate surface area is 113 Å². The fourth-order valence-electron chi connectivity index (χ4n) is 2.43. The van der Waals surface area contributed by atoms with Crippen molar-refractivity contribution in [3.05, 3.63) is 57.9 Å². The van der Waals surface area contributed by atoms with Gasteiger partial charge in [-0.05, 0) is 73.7 Å². The summed E-state index contributed by atoms with van der Waals surface area (Å²) in [5.41, 5.74) is 6.29. The van der Waals surface area contributed by atoms with E-state index in [4.69, 9.17) is 0 Å². The van der Waals surface area contributed by atoms with E-state index in [9.17, 15) is 9.18 Å². The number of hydrogen-bond acceptors (Lipinski definition) is 1. The van der Waals surface area contributed by atoms with Crippen molar-refractivity contribution in [3.8, 4) is 11.1 Å². The molecule has 19 heavy (non-hydrogen) atoms. The van der Waals surface area contributed by atoms with E-state index in [-0.39, 0.29) is 5.82 Å². The summed E-state index contributed by atoms with van der Waals surface area (Å²) in [6, 6.07) is 6.58. The van der Waals surface area contributed by atoms with Crippen LogP contribution in [0.15, 0.2) is 24.3 Å². The van der Waals surface area contributed by atoms with E-state index in [1.54, 1.807) is 6.07 Å². The van der Waals surface area contributed by atoms with Crippen molar-refractivity contribution < 1.29 is 9.18 Å². The second kappa shape index (κ2) is 4.96. The van der Waals surface area contributed by atoms with Crippen molar-refractivity contribution in [1.29, 1.82) is 0 Å². The molecule has 0 aliphatic heterocycles. The smallest absolute Gasteiger partial charge is 0.150 e. The standard InChI is InChI=1S/C17H17FO/c1-10-7-11(2)13(4)17(12(10)3)15-8-14(9-19)5-6-16(15)18/h5-9H,1-4H3. The maximum atomic E-state index is 14.1. The Bertz CT molecular complexity index is 631. The van der Waals surface area contributed by atoms with Crippen LogP contribution in [0, 0.1) is 33.5 Å². The maximum absolute atomic E-state index is 14.1. The zero-order valence-electron chi connectivity index (χ0n) is 11.7. The number of aryl methyl sites for hydroxylation is 2. The van der Waals surface area contributed by atoms with E-state index in [1.165, 1.54) is 12.1 Å². The molecule has 0 fully saturated rings. The van der Waals surface area contributed by atoms with Gasteiger partial charge in [-0.25, -0.2) is 4.39 Å². The molecule has 0 bridgehead atoms. The molecule has 98 valence electrons. The van der Waals surface area contributed by atoms with Gasteiger partial charge in [0.05, 0.1) is 0 Å². The first-order chi connectivity index (χ1) is 8.95. The lowest BCUT2D eigenvalue weighted by molar-refractivity contribution is 0.112. The van der Waals surface area contributed by atoms with Crippen LogP contribution in [0.5, 0.6) is 0 Å². The SMILES string of the molecule is Cc1cc(C)c(C)c(-c2cc(C=O)ccc2F)c1C. The van der Waals surface area contributed by atoms with Gasteiger partial charge in [0.1, 0.15) is 12.1 Å². The average molecular weight is 256 g/mol. The molecule has 0 heterocycles. The number of rotatable bonds is 2. The predicted octanol–water partition coefficient (Wildman–Crippen LogP) is 4.54. The van der Waals surface area contributed by atoms with Crippen LogP contribution in [0.4, 0.5) is 4.39 Å². The van der Waals surface area contributed by atoms with Gasteiger partial charge in [-0.1, -0.05) is 6.07 Å². The van der Waals surface area contributed by atoms with Crippen LogP contribution in [0.3, 0.4) is 0 Å². The van der Waals surface area contributed by atoms with Crippen LogP contribution >= 0.6 is 0 Å². The molecule has 2 rings (SSSR count). The van der Waals surface area contributed by atoms with Gasteiger partial charge in [0.2, 0.25) is 0 Å². The summed E-state index contributed by atoms with van der Waals surface area (Å²) >= 11 is 0. The topological polar surface area (TPSA) is 17.1 Å². The maximum Gasteiger partial charge on any atom is 0.150 e. The van der Waals surface area contributed by atoms with Crippen molar-refractivity contribution in [2.24, 2.45) is 0 Å². The van der Waals surface area contributed by atoms with Gasteiger partial charge in [-0.15, -0.1) is 0 Å². The summed E-state index contributed by atoms with van der Waals surface area (Å²) < 4.78 is 14.1. The van der Waals surface area contributed by atoms with E-state index in [1.807, 2.05) is 27.7 Å². The molecule has 0 spiro atoms. The number of benzene rings is 2. The van der Waals surface area contributed by atoms with Gasteiger partial charge in [0.15, 0.2) is 0 Å². The third kappa shape index (κ3) is 2.30. The monoisotopic (exact) mass is 256 g/mol. The summed E-state index contributed by atoms with van der Waals surface area (Å²) in [5.74, 6) is -0.290. The molecule has 0 unspecified atom stereocenters. The first kappa shape index (κ1) is 13.5. The number of hydrogen-bond donors (Lipinski definition) is 0. The average Bonchev–Trinajstić information content (AvgIpc) is 2.39. The van der Waals surface area contributed by atoms with Gasteiger partial charge in [0.25, 0.3) is 0 Å². The Hall–Kier alpha value is -1.96.